The molecule has 0 saturated heterocycles. The van der Waals surface area contributed by atoms with Gasteiger partial charge in [-0.2, -0.15) is 0 Å². The maximum atomic E-state index is 4.43. The van der Waals surface area contributed by atoms with E-state index < -0.39 is 0 Å². The molecule has 1 atom stereocenters. The number of rotatable bonds is 4. The van der Waals surface area contributed by atoms with Crippen LogP contribution in [0.1, 0.15) is 30.3 Å². The van der Waals surface area contributed by atoms with Gasteiger partial charge in [0.15, 0.2) is 0 Å². The third-order valence-corrected chi connectivity index (χ3v) is 5.90. The SMILES string of the molecule is CC(C)(NCC1CSc2ccccc21)c1nccs1. The monoisotopic (exact) mass is 290 g/mol. The number of thioether (sulfide) groups is 1. The molecule has 19 heavy (non-hydrogen) atoms. The molecule has 1 aromatic carbocycles. The lowest BCUT2D eigenvalue weighted by atomic mass is 9.99. The van der Waals surface area contributed by atoms with E-state index in [0.29, 0.717) is 5.92 Å². The van der Waals surface area contributed by atoms with Gasteiger partial charge in [-0.25, -0.2) is 4.98 Å². The van der Waals surface area contributed by atoms with Crippen LogP contribution in [0.4, 0.5) is 0 Å². The zero-order valence-electron chi connectivity index (χ0n) is 11.2. The van der Waals surface area contributed by atoms with Crippen LogP contribution >= 0.6 is 23.1 Å². The van der Waals surface area contributed by atoms with Crippen molar-refractivity contribution in [2.24, 2.45) is 0 Å². The molecule has 0 spiro atoms. The van der Waals surface area contributed by atoms with E-state index in [1.54, 1.807) is 11.3 Å². The fourth-order valence-corrected chi connectivity index (χ4v) is 4.38. The van der Waals surface area contributed by atoms with E-state index in [9.17, 15) is 0 Å². The van der Waals surface area contributed by atoms with E-state index in [2.05, 4.69) is 48.4 Å². The lowest BCUT2D eigenvalue weighted by Crippen LogP contribution is -2.39. The largest absolute Gasteiger partial charge is 0.305 e. The second kappa shape index (κ2) is 5.27. The van der Waals surface area contributed by atoms with Gasteiger partial charge in [-0.05, 0) is 25.5 Å². The molecule has 4 heteroatoms. The van der Waals surface area contributed by atoms with E-state index in [1.165, 1.54) is 16.2 Å². The standard InChI is InChI=1S/C15H18N2S2/c1-15(2,14-16-7-8-18-14)17-9-11-10-19-13-6-4-3-5-12(11)13/h3-8,11,17H,9-10H2,1-2H3. The van der Waals surface area contributed by atoms with Crippen LogP contribution in [0.15, 0.2) is 40.7 Å². The number of benzene rings is 1. The van der Waals surface area contributed by atoms with Gasteiger partial charge in [0.05, 0.1) is 5.54 Å². The molecule has 2 heterocycles. The van der Waals surface area contributed by atoms with E-state index >= 15 is 0 Å². The quantitative estimate of drug-likeness (QED) is 0.925. The minimum atomic E-state index is -0.0453. The molecule has 0 amide bonds. The van der Waals surface area contributed by atoms with Gasteiger partial charge in [-0.3, -0.25) is 0 Å². The minimum absolute atomic E-state index is 0.0453. The summed E-state index contributed by atoms with van der Waals surface area (Å²) in [4.78, 5) is 5.87. The van der Waals surface area contributed by atoms with Crippen LogP contribution in [-0.2, 0) is 5.54 Å². The predicted molar refractivity (Wildman–Crippen MR) is 83.0 cm³/mol. The lowest BCUT2D eigenvalue weighted by molar-refractivity contribution is 0.391. The Balaban J connectivity index is 1.68. The Morgan fingerprint density at radius 2 is 2.21 bits per heavy atom. The maximum absolute atomic E-state index is 4.43. The summed E-state index contributed by atoms with van der Waals surface area (Å²) in [7, 11) is 0. The molecule has 1 unspecified atom stereocenters. The molecule has 0 fully saturated rings. The molecule has 1 aliphatic rings. The molecule has 0 aliphatic carbocycles. The maximum Gasteiger partial charge on any atom is 0.112 e. The second-order valence-electron chi connectivity index (χ2n) is 5.39. The molecule has 1 N–H and O–H groups in total. The molecule has 0 saturated carbocycles. The fourth-order valence-electron chi connectivity index (χ4n) is 2.38. The summed E-state index contributed by atoms with van der Waals surface area (Å²) in [6, 6.07) is 8.76. The Morgan fingerprint density at radius 1 is 1.37 bits per heavy atom. The highest BCUT2D eigenvalue weighted by Crippen LogP contribution is 2.39. The summed E-state index contributed by atoms with van der Waals surface area (Å²) in [5, 5.41) is 6.88. The first-order valence-corrected chi connectivity index (χ1v) is 8.40. The van der Waals surface area contributed by atoms with Crippen molar-refractivity contribution < 1.29 is 0 Å². The van der Waals surface area contributed by atoms with Gasteiger partial charge in [0.1, 0.15) is 5.01 Å². The Morgan fingerprint density at radius 3 is 3.00 bits per heavy atom. The van der Waals surface area contributed by atoms with Crippen molar-refractivity contribution in [2.45, 2.75) is 30.2 Å². The van der Waals surface area contributed by atoms with Crippen molar-refractivity contribution in [3.63, 3.8) is 0 Å². The van der Waals surface area contributed by atoms with Gasteiger partial charge in [-0.1, -0.05) is 18.2 Å². The summed E-state index contributed by atoms with van der Waals surface area (Å²) in [5.41, 5.74) is 1.45. The molecule has 100 valence electrons. The summed E-state index contributed by atoms with van der Waals surface area (Å²) in [6.07, 6.45) is 1.88. The first kappa shape index (κ1) is 13.2. The highest BCUT2D eigenvalue weighted by molar-refractivity contribution is 7.99. The van der Waals surface area contributed by atoms with Gasteiger partial charge in [0.25, 0.3) is 0 Å². The highest BCUT2D eigenvalue weighted by atomic mass is 32.2. The van der Waals surface area contributed by atoms with Gasteiger partial charge in [0.2, 0.25) is 0 Å². The van der Waals surface area contributed by atoms with Crippen LogP contribution in [0.2, 0.25) is 0 Å². The van der Waals surface area contributed by atoms with Crippen LogP contribution in [0.25, 0.3) is 0 Å². The Bertz CT molecular complexity index is 549. The number of nitrogens with one attached hydrogen (secondary N) is 1. The zero-order chi connectivity index (χ0) is 13.3. The number of aromatic nitrogens is 1. The highest BCUT2D eigenvalue weighted by Gasteiger charge is 2.27. The zero-order valence-corrected chi connectivity index (χ0v) is 12.9. The van der Waals surface area contributed by atoms with E-state index in [-0.39, 0.29) is 5.54 Å². The average molecular weight is 290 g/mol. The van der Waals surface area contributed by atoms with E-state index in [0.717, 1.165) is 11.6 Å². The number of hydrogen-bond donors (Lipinski definition) is 1. The van der Waals surface area contributed by atoms with Crippen molar-refractivity contribution in [1.29, 1.82) is 0 Å². The first-order chi connectivity index (χ1) is 9.17. The minimum Gasteiger partial charge on any atom is -0.305 e. The molecule has 1 aromatic heterocycles. The van der Waals surface area contributed by atoms with Crippen LogP contribution in [-0.4, -0.2) is 17.3 Å². The van der Waals surface area contributed by atoms with Crippen LogP contribution in [0.3, 0.4) is 0 Å². The molecular formula is C15H18N2S2. The number of fused-ring (bicyclic) bond motifs is 1. The molecule has 0 bridgehead atoms. The molecule has 2 nitrogen and oxygen atoms in total. The molecule has 1 aliphatic heterocycles. The Kier molecular flexibility index (Phi) is 3.65. The fraction of sp³-hybridized carbons (Fsp3) is 0.400. The molecule has 2 aromatic rings. The lowest BCUT2D eigenvalue weighted by Gasteiger charge is -2.26. The van der Waals surface area contributed by atoms with Crippen molar-refractivity contribution in [1.82, 2.24) is 10.3 Å². The summed E-state index contributed by atoms with van der Waals surface area (Å²) in [6.45, 7) is 5.43. The second-order valence-corrected chi connectivity index (χ2v) is 7.35. The molecule has 0 radical (unpaired) electrons. The van der Waals surface area contributed by atoms with Crippen LogP contribution in [0.5, 0.6) is 0 Å². The Labute approximate surface area is 122 Å². The molecular weight excluding hydrogens is 272 g/mol. The van der Waals surface area contributed by atoms with Crippen molar-refractivity contribution >= 4 is 23.1 Å². The summed E-state index contributed by atoms with van der Waals surface area (Å²) >= 11 is 3.69. The number of hydrogen-bond acceptors (Lipinski definition) is 4. The van der Waals surface area contributed by atoms with Gasteiger partial charge < -0.3 is 5.32 Å². The summed E-state index contributed by atoms with van der Waals surface area (Å²) < 4.78 is 0. The average Bonchev–Trinajstić information content (AvgIpc) is 3.07. The van der Waals surface area contributed by atoms with Gasteiger partial charge in [-0.15, -0.1) is 23.1 Å². The third-order valence-electron chi connectivity index (χ3n) is 3.56. The van der Waals surface area contributed by atoms with Crippen molar-refractivity contribution in [3.8, 4) is 0 Å². The summed E-state index contributed by atoms with van der Waals surface area (Å²) in [5.74, 6) is 1.79. The third kappa shape index (κ3) is 2.71. The van der Waals surface area contributed by atoms with Gasteiger partial charge >= 0.3 is 0 Å². The van der Waals surface area contributed by atoms with Crippen LogP contribution in [0, 0.1) is 0 Å². The van der Waals surface area contributed by atoms with E-state index in [4.69, 9.17) is 0 Å². The van der Waals surface area contributed by atoms with E-state index in [1.807, 2.05) is 23.3 Å². The molecule has 3 rings (SSSR count). The van der Waals surface area contributed by atoms with Crippen molar-refractivity contribution in [2.75, 3.05) is 12.3 Å². The number of thiazole rings is 1. The van der Waals surface area contributed by atoms with Crippen molar-refractivity contribution in [3.05, 3.63) is 46.4 Å². The first-order valence-electron chi connectivity index (χ1n) is 6.53. The number of nitrogens with zero attached hydrogens (tertiary/aromatic N) is 1. The predicted octanol–water partition coefficient (Wildman–Crippen LogP) is 3.86. The van der Waals surface area contributed by atoms with Gasteiger partial charge in [0, 0.05) is 34.7 Å². The topological polar surface area (TPSA) is 24.9 Å². The normalized spacial score (nSPS) is 18.5. The van der Waals surface area contributed by atoms with Crippen LogP contribution < -0.4 is 5.32 Å². The Hall–Kier alpha value is -0.840. The smallest absolute Gasteiger partial charge is 0.112 e.